The van der Waals surface area contributed by atoms with Crippen molar-refractivity contribution in [2.24, 2.45) is 0 Å². The summed E-state index contributed by atoms with van der Waals surface area (Å²) in [6.45, 7) is 11.8. The number of rotatable bonds is 13. The van der Waals surface area contributed by atoms with Gasteiger partial charge in [-0.25, -0.2) is 0 Å². The van der Waals surface area contributed by atoms with Crippen molar-refractivity contribution in [3.05, 3.63) is 0 Å². The number of likely N-dealkylation sites (N-methyl/N-ethyl adjacent to an activating group) is 4. The van der Waals surface area contributed by atoms with Gasteiger partial charge < -0.3 is 62.6 Å². The Kier molecular flexibility index (Phi) is 30.0. The molecular weight excluding hydrogens is 652 g/mol. The van der Waals surface area contributed by atoms with Crippen LogP contribution in [0.25, 0.3) is 0 Å². The van der Waals surface area contributed by atoms with Gasteiger partial charge in [0.1, 0.15) is 0 Å². The van der Waals surface area contributed by atoms with Crippen molar-refractivity contribution in [3.63, 3.8) is 0 Å². The van der Waals surface area contributed by atoms with Crippen LogP contribution in [0.1, 0.15) is 55.4 Å². The number of hydrogen-bond donors (Lipinski definition) is 11. The minimum atomic E-state index is -1.20. The number of carbonyl (C=O) groups excluding carboxylic acids is 8. The molecule has 0 spiro atoms. The zero-order chi connectivity index (χ0) is 39.6. The van der Waals surface area contributed by atoms with Gasteiger partial charge in [-0.15, -0.1) is 0 Å². The van der Waals surface area contributed by atoms with Crippen LogP contribution in [0.4, 0.5) is 0 Å². The summed E-state index contributed by atoms with van der Waals surface area (Å²) in [7, 11) is 7.22. The van der Waals surface area contributed by atoms with E-state index >= 15 is 0 Å². The highest BCUT2D eigenvalue weighted by Crippen LogP contribution is 1.98. The molecule has 8 atom stereocenters. The number of carbonyl (C=O) groups is 8. The minimum Gasteiger partial charge on any atom is -0.381 e. The normalized spacial score (nSPS) is 14.6. The highest BCUT2D eigenvalue weighted by atomic mass is 16.5. The highest BCUT2D eigenvalue weighted by Gasteiger charge is 2.25. The number of methoxy groups -OCH3 is 1. The van der Waals surface area contributed by atoms with E-state index in [4.69, 9.17) is 4.74 Å². The smallest absolute Gasteiger partial charge is 0.250 e. The number of hydrogen-bond acceptors (Lipinski definition) is 12. The van der Waals surface area contributed by atoms with Gasteiger partial charge in [-0.2, -0.15) is 0 Å². The van der Waals surface area contributed by atoms with Gasteiger partial charge in [-0.05, 0) is 27.7 Å². The maximum atomic E-state index is 11.2. The van der Waals surface area contributed by atoms with Crippen LogP contribution in [0.2, 0.25) is 0 Å². The number of aliphatic hydroxyl groups excluding tert-OH is 3. The van der Waals surface area contributed by atoms with Crippen LogP contribution in [-0.2, 0) is 43.1 Å². The second-order valence-corrected chi connectivity index (χ2v) is 10.4. The molecule has 0 aromatic heterocycles. The fourth-order valence-electron chi connectivity index (χ4n) is 3.40. The van der Waals surface area contributed by atoms with E-state index < -0.39 is 60.3 Å². The van der Waals surface area contributed by atoms with Crippen LogP contribution < -0.4 is 42.5 Å². The van der Waals surface area contributed by atoms with Gasteiger partial charge in [0.15, 0.2) is 24.4 Å². The summed E-state index contributed by atoms with van der Waals surface area (Å²) in [5.74, 6) is -2.76. The largest absolute Gasteiger partial charge is 0.381 e. The van der Waals surface area contributed by atoms with Gasteiger partial charge in [0.05, 0.1) is 24.2 Å². The highest BCUT2D eigenvalue weighted by molar-refractivity contribution is 5.84. The molecule has 286 valence electrons. The van der Waals surface area contributed by atoms with Crippen molar-refractivity contribution >= 4 is 47.3 Å². The van der Waals surface area contributed by atoms with Gasteiger partial charge >= 0.3 is 0 Å². The number of amides is 8. The summed E-state index contributed by atoms with van der Waals surface area (Å²) in [5.41, 5.74) is 0. The molecule has 0 aliphatic carbocycles. The van der Waals surface area contributed by atoms with Crippen LogP contribution in [0.3, 0.4) is 0 Å². The molecule has 0 rings (SSSR count). The molecule has 0 radical (unpaired) electrons. The SMILES string of the molecule is CNC(=O)C(O)C(C)NC(C)=O.CNC(=O)C(O)C(C)NC(C)=O.CNC(=O)C(O)C(C)NC(C)=O.CNC(=O)C(OC)C(C)NC(C)=O. The summed E-state index contributed by atoms with van der Waals surface area (Å²) in [4.78, 5) is 85.9. The van der Waals surface area contributed by atoms with Crippen molar-refractivity contribution in [3.8, 4) is 0 Å². The van der Waals surface area contributed by atoms with E-state index in [-0.39, 0.29) is 35.6 Å². The summed E-state index contributed by atoms with van der Waals surface area (Å²) in [5, 5.41) is 46.7. The van der Waals surface area contributed by atoms with Crippen molar-refractivity contribution in [1.29, 1.82) is 0 Å². The zero-order valence-electron chi connectivity index (χ0n) is 30.6. The standard InChI is InChI=1S/C8H16N2O3.3C7H14N2O3/c1-5(10-6(2)11)7(13-4)8(12)9-3;3*1-4(9-5(2)10)6(11)7(12)8-3/h5,7H,1-4H3,(H,9,12)(H,10,11);3*4,6,11H,1-3H3,(H,8,12)(H,9,10). The van der Waals surface area contributed by atoms with Gasteiger partial charge in [-0.3, -0.25) is 38.4 Å². The lowest BCUT2D eigenvalue weighted by molar-refractivity contribution is -0.133. The van der Waals surface area contributed by atoms with Crippen LogP contribution >= 0.6 is 0 Å². The first-order valence-electron chi connectivity index (χ1n) is 15.0. The lowest BCUT2D eigenvalue weighted by atomic mass is 10.1. The van der Waals surface area contributed by atoms with E-state index in [1.807, 2.05) is 0 Å². The van der Waals surface area contributed by atoms with Crippen molar-refractivity contribution in [2.45, 2.75) is 104 Å². The Labute approximate surface area is 287 Å². The zero-order valence-corrected chi connectivity index (χ0v) is 30.6. The van der Waals surface area contributed by atoms with Gasteiger partial charge in [-0.1, -0.05) is 0 Å². The molecule has 0 aliphatic rings. The molecule has 11 N–H and O–H groups in total. The van der Waals surface area contributed by atoms with E-state index in [1.165, 1.54) is 63.0 Å². The number of nitrogens with one attached hydrogen (secondary N) is 8. The first-order chi connectivity index (χ1) is 22.5. The fraction of sp³-hybridized carbons (Fsp3) is 0.724. The molecular formula is C29H58N8O12. The Morgan fingerprint density at radius 1 is 0.429 bits per heavy atom. The average Bonchev–Trinajstić information content (AvgIpc) is 3.02. The molecule has 0 saturated carbocycles. The Morgan fingerprint density at radius 3 is 0.796 bits per heavy atom. The lowest BCUT2D eigenvalue weighted by Gasteiger charge is -2.21. The van der Waals surface area contributed by atoms with Crippen LogP contribution in [0.5, 0.6) is 0 Å². The first kappa shape index (κ1) is 51.4. The summed E-state index contributed by atoms with van der Waals surface area (Å²) < 4.78 is 4.94. The first-order valence-corrected chi connectivity index (χ1v) is 15.0. The summed E-state index contributed by atoms with van der Waals surface area (Å²) in [6.07, 6.45) is -4.23. The third kappa shape index (κ3) is 26.3. The van der Waals surface area contributed by atoms with Crippen LogP contribution in [0, 0.1) is 0 Å². The van der Waals surface area contributed by atoms with Crippen molar-refractivity contribution < 1.29 is 58.4 Å². The minimum absolute atomic E-state index is 0.182. The molecule has 0 fully saturated rings. The molecule has 0 aromatic rings. The molecule has 0 aromatic carbocycles. The van der Waals surface area contributed by atoms with Crippen LogP contribution in [-0.4, -0.2) is 146 Å². The topological polar surface area (TPSA) is 303 Å². The van der Waals surface area contributed by atoms with Crippen molar-refractivity contribution in [2.75, 3.05) is 35.3 Å². The predicted molar refractivity (Wildman–Crippen MR) is 178 cm³/mol. The van der Waals surface area contributed by atoms with Crippen LogP contribution in [0.15, 0.2) is 0 Å². The summed E-state index contributed by atoms with van der Waals surface area (Å²) in [6, 6.07) is -2.03. The lowest BCUT2D eigenvalue weighted by Crippen LogP contribution is -2.48. The molecule has 0 bridgehead atoms. The monoisotopic (exact) mass is 710 g/mol. The Bertz CT molecular complexity index is 967. The van der Waals surface area contributed by atoms with E-state index in [1.54, 1.807) is 27.7 Å². The Hall–Kier alpha value is -4.40. The number of aliphatic hydroxyl groups is 3. The molecule has 0 heterocycles. The molecule has 49 heavy (non-hydrogen) atoms. The van der Waals surface area contributed by atoms with E-state index in [2.05, 4.69) is 42.5 Å². The van der Waals surface area contributed by atoms with Gasteiger partial charge in [0.25, 0.3) is 23.6 Å². The van der Waals surface area contributed by atoms with E-state index in [0.717, 1.165) is 0 Å². The maximum absolute atomic E-state index is 11.2. The quantitative estimate of drug-likeness (QED) is 0.0858. The molecule has 0 saturated heterocycles. The second-order valence-electron chi connectivity index (χ2n) is 10.4. The Morgan fingerprint density at radius 2 is 0.633 bits per heavy atom. The fourth-order valence-corrected chi connectivity index (χ4v) is 3.40. The Balaban J connectivity index is -0.000000276. The third-order valence-corrected chi connectivity index (χ3v) is 5.90. The number of ether oxygens (including phenoxy) is 1. The maximum Gasteiger partial charge on any atom is 0.250 e. The van der Waals surface area contributed by atoms with Crippen molar-refractivity contribution in [1.82, 2.24) is 42.5 Å². The van der Waals surface area contributed by atoms with E-state index in [0.29, 0.717) is 0 Å². The molecule has 8 amide bonds. The van der Waals surface area contributed by atoms with Gasteiger partial charge in [0.2, 0.25) is 23.6 Å². The predicted octanol–water partition coefficient (Wildman–Crippen LogP) is -4.87. The molecule has 20 nitrogen and oxygen atoms in total. The third-order valence-electron chi connectivity index (χ3n) is 5.90. The van der Waals surface area contributed by atoms with Gasteiger partial charge in [0, 0.05) is 63.0 Å². The molecule has 8 unspecified atom stereocenters. The average molecular weight is 711 g/mol. The molecule has 0 aliphatic heterocycles. The summed E-state index contributed by atoms with van der Waals surface area (Å²) >= 11 is 0. The van der Waals surface area contributed by atoms with E-state index in [9.17, 15) is 53.7 Å². The molecule has 20 heteroatoms. The second kappa shape index (κ2) is 28.6.